The minimum atomic E-state index is -4.22. The van der Waals surface area contributed by atoms with Gasteiger partial charge in [-0.15, -0.1) is 0 Å². The number of carbonyl (C=O) groups excluding carboxylic acids is 1. The van der Waals surface area contributed by atoms with E-state index in [1.165, 1.54) is 9.47 Å². The van der Waals surface area contributed by atoms with Crippen molar-refractivity contribution in [1.82, 2.24) is 14.5 Å². The number of aromatic nitrogens is 2. The maximum Gasteiger partial charge on any atom is 0.410 e. The molecular weight excluding hydrogens is 497 g/mol. The smallest absolute Gasteiger partial charge is 0.410 e. The van der Waals surface area contributed by atoms with Crippen LogP contribution < -0.4 is 11.3 Å². The Morgan fingerprint density at radius 3 is 2.11 bits per heavy atom. The number of rotatable bonds is 4. The minimum absolute atomic E-state index is 0.0344. The van der Waals surface area contributed by atoms with E-state index in [0.717, 1.165) is 11.1 Å². The molecule has 38 heavy (non-hydrogen) atoms. The molecule has 1 saturated carbocycles. The van der Waals surface area contributed by atoms with E-state index in [-0.39, 0.29) is 56.7 Å². The van der Waals surface area contributed by atoms with Crippen molar-refractivity contribution in [2.75, 3.05) is 12.3 Å². The number of nitrogens with zero attached hydrogens (tertiary/aromatic N) is 3. The molecule has 200 valence electrons. The highest BCUT2D eigenvalue weighted by Gasteiger charge is 2.42. The molecule has 7 nitrogen and oxygen atoms in total. The lowest BCUT2D eigenvalue weighted by Crippen LogP contribution is -2.43. The number of carbonyl (C=O) groups is 1. The SMILES string of the molecule is Nc1nc2c(c(=O)n1C(c1ccccc1)c1ccccc1)CCN(C(=O)OC1CCC(C(F)(F)F)CC1)C2. The number of nitrogen functional groups attached to an aromatic ring is 1. The number of anilines is 1. The van der Waals surface area contributed by atoms with Gasteiger partial charge in [0, 0.05) is 12.1 Å². The van der Waals surface area contributed by atoms with Gasteiger partial charge in [0.1, 0.15) is 6.10 Å². The average Bonchev–Trinajstić information content (AvgIpc) is 2.91. The first-order chi connectivity index (χ1) is 18.2. The summed E-state index contributed by atoms with van der Waals surface area (Å²) in [5.41, 5.74) is 8.78. The normalized spacial score (nSPS) is 19.7. The van der Waals surface area contributed by atoms with Crippen LogP contribution >= 0.6 is 0 Å². The van der Waals surface area contributed by atoms with E-state index in [2.05, 4.69) is 4.98 Å². The zero-order valence-corrected chi connectivity index (χ0v) is 20.7. The lowest BCUT2D eigenvalue weighted by Gasteiger charge is -2.33. The Kier molecular flexibility index (Phi) is 7.14. The van der Waals surface area contributed by atoms with E-state index in [4.69, 9.17) is 10.5 Å². The molecule has 0 bridgehead atoms. The van der Waals surface area contributed by atoms with Crippen LogP contribution in [-0.2, 0) is 17.7 Å². The number of amides is 1. The lowest BCUT2D eigenvalue weighted by atomic mass is 9.87. The quantitative estimate of drug-likeness (QED) is 0.512. The highest BCUT2D eigenvalue weighted by molar-refractivity contribution is 5.68. The minimum Gasteiger partial charge on any atom is -0.446 e. The molecule has 3 aromatic rings. The van der Waals surface area contributed by atoms with Crippen molar-refractivity contribution in [3.63, 3.8) is 0 Å². The Balaban J connectivity index is 1.36. The first-order valence-electron chi connectivity index (χ1n) is 12.7. The molecule has 0 saturated heterocycles. The van der Waals surface area contributed by atoms with Crippen molar-refractivity contribution < 1.29 is 22.7 Å². The van der Waals surface area contributed by atoms with Crippen LogP contribution in [0.1, 0.15) is 54.1 Å². The van der Waals surface area contributed by atoms with Crippen molar-refractivity contribution >= 4 is 12.0 Å². The standard InChI is InChI=1S/C28H29F3N4O3/c29-28(30,31)20-11-13-21(14-12-20)38-27(37)34-16-15-22-23(17-34)33-26(32)35(25(22)36)24(18-7-3-1-4-8-18)19-9-5-2-6-10-19/h1-10,20-21,24H,11-17H2,(H2,32,33). The zero-order valence-electron chi connectivity index (χ0n) is 20.7. The third-order valence-electron chi connectivity index (χ3n) is 7.45. The number of halogens is 3. The van der Waals surface area contributed by atoms with Crippen molar-refractivity contribution in [1.29, 1.82) is 0 Å². The summed E-state index contributed by atoms with van der Waals surface area (Å²) in [6.45, 7) is 0.291. The van der Waals surface area contributed by atoms with E-state index in [9.17, 15) is 22.8 Å². The number of nitrogens with two attached hydrogens (primary N) is 1. The summed E-state index contributed by atoms with van der Waals surface area (Å²) >= 11 is 0. The van der Waals surface area contributed by atoms with Crippen molar-refractivity contribution in [2.45, 2.75) is 57.0 Å². The molecule has 2 aromatic carbocycles. The molecule has 2 aliphatic rings. The predicted octanol–water partition coefficient (Wildman–Crippen LogP) is 5.08. The highest BCUT2D eigenvalue weighted by Crippen LogP contribution is 2.38. The molecule has 0 radical (unpaired) electrons. The molecule has 1 aliphatic heterocycles. The van der Waals surface area contributed by atoms with Gasteiger partial charge in [0.25, 0.3) is 5.56 Å². The van der Waals surface area contributed by atoms with E-state index >= 15 is 0 Å². The Hall–Kier alpha value is -3.82. The van der Waals surface area contributed by atoms with Crippen LogP contribution in [0.25, 0.3) is 0 Å². The summed E-state index contributed by atoms with van der Waals surface area (Å²) < 4.78 is 45.8. The fourth-order valence-corrected chi connectivity index (χ4v) is 5.41. The van der Waals surface area contributed by atoms with Crippen LogP contribution in [0.15, 0.2) is 65.5 Å². The van der Waals surface area contributed by atoms with Gasteiger partial charge in [-0.1, -0.05) is 60.7 Å². The average molecular weight is 527 g/mol. The molecule has 1 aromatic heterocycles. The second-order valence-electron chi connectivity index (χ2n) is 9.86. The van der Waals surface area contributed by atoms with Crippen molar-refractivity contribution in [3.8, 4) is 0 Å². The molecule has 1 amide bonds. The summed E-state index contributed by atoms with van der Waals surface area (Å²) in [6, 6.07) is 18.7. The predicted molar refractivity (Wildman–Crippen MR) is 135 cm³/mol. The summed E-state index contributed by atoms with van der Waals surface area (Å²) in [5, 5.41) is 0. The first-order valence-corrected chi connectivity index (χ1v) is 12.7. The van der Waals surface area contributed by atoms with E-state index in [0.29, 0.717) is 11.3 Å². The van der Waals surface area contributed by atoms with Crippen LogP contribution in [-0.4, -0.2) is 39.4 Å². The topological polar surface area (TPSA) is 90.5 Å². The van der Waals surface area contributed by atoms with E-state index in [1.54, 1.807) is 0 Å². The number of ether oxygens (including phenoxy) is 1. The largest absolute Gasteiger partial charge is 0.446 e. The van der Waals surface area contributed by atoms with Crippen LogP contribution in [0.5, 0.6) is 0 Å². The van der Waals surface area contributed by atoms with Gasteiger partial charge in [-0.2, -0.15) is 13.2 Å². The Morgan fingerprint density at radius 2 is 1.55 bits per heavy atom. The van der Waals surface area contributed by atoms with Crippen molar-refractivity contribution in [3.05, 3.63) is 93.4 Å². The van der Waals surface area contributed by atoms with Crippen LogP contribution in [0.4, 0.5) is 23.9 Å². The number of benzene rings is 2. The van der Waals surface area contributed by atoms with Crippen LogP contribution in [0.2, 0.25) is 0 Å². The molecule has 0 unspecified atom stereocenters. The summed E-state index contributed by atoms with van der Waals surface area (Å²) in [5.74, 6) is -1.31. The molecule has 5 rings (SSSR count). The molecule has 1 aliphatic carbocycles. The fraction of sp³-hybridized carbons (Fsp3) is 0.393. The van der Waals surface area contributed by atoms with Crippen LogP contribution in [0, 0.1) is 5.92 Å². The maximum atomic E-state index is 13.7. The highest BCUT2D eigenvalue weighted by atomic mass is 19.4. The van der Waals surface area contributed by atoms with Crippen molar-refractivity contribution in [2.24, 2.45) is 5.92 Å². The number of alkyl halides is 3. The number of fused-ring (bicyclic) bond motifs is 1. The number of hydrogen-bond donors (Lipinski definition) is 1. The Bertz CT molecular complexity index is 1300. The summed E-state index contributed by atoms with van der Waals surface area (Å²) in [4.78, 5) is 32.5. The van der Waals surface area contributed by atoms with E-state index in [1.807, 2.05) is 60.7 Å². The fourth-order valence-electron chi connectivity index (χ4n) is 5.41. The zero-order chi connectivity index (χ0) is 26.9. The molecular formula is C28H29F3N4O3. The monoisotopic (exact) mass is 526 g/mol. The van der Waals surface area contributed by atoms with Gasteiger partial charge in [0.05, 0.1) is 24.2 Å². The van der Waals surface area contributed by atoms with Crippen LogP contribution in [0.3, 0.4) is 0 Å². The summed E-state index contributed by atoms with van der Waals surface area (Å²) in [7, 11) is 0. The lowest BCUT2D eigenvalue weighted by molar-refractivity contribution is -0.186. The molecule has 1 fully saturated rings. The van der Waals surface area contributed by atoms with E-state index < -0.39 is 30.3 Å². The second-order valence-corrected chi connectivity index (χ2v) is 9.86. The van der Waals surface area contributed by atoms with Gasteiger partial charge in [0.2, 0.25) is 5.95 Å². The Labute approximate surface area is 218 Å². The third-order valence-corrected chi connectivity index (χ3v) is 7.45. The Morgan fingerprint density at radius 1 is 0.974 bits per heavy atom. The molecule has 2 N–H and O–H groups in total. The van der Waals surface area contributed by atoms with Gasteiger partial charge < -0.3 is 15.4 Å². The van der Waals surface area contributed by atoms with Gasteiger partial charge in [-0.05, 0) is 43.2 Å². The first kappa shape index (κ1) is 25.8. The molecule has 2 heterocycles. The third kappa shape index (κ3) is 5.25. The van der Waals surface area contributed by atoms with Gasteiger partial charge >= 0.3 is 12.3 Å². The summed E-state index contributed by atoms with van der Waals surface area (Å²) in [6.07, 6.45) is -4.85. The molecule has 0 atom stereocenters. The van der Waals surface area contributed by atoms with Gasteiger partial charge in [-0.3, -0.25) is 9.36 Å². The number of hydrogen-bond acceptors (Lipinski definition) is 5. The van der Waals surface area contributed by atoms with Gasteiger partial charge in [-0.25, -0.2) is 9.78 Å². The maximum absolute atomic E-state index is 13.7. The second kappa shape index (κ2) is 10.5. The van der Waals surface area contributed by atoms with Gasteiger partial charge in [0.15, 0.2) is 0 Å². The molecule has 0 spiro atoms. The molecule has 10 heteroatoms.